The van der Waals surface area contributed by atoms with Gasteiger partial charge in [-0.05, 0) is 12.3 Å². The number of thioether (sulfide) groups is 1. The zero-order chi connectivity index (χ0) is 8.55. The Morgan fingerprint density at radius 1 is 1.50 bits per heavy atom. The first-order chi connectivity index (χ1) is 5.79. The Kier molecular flexibility index (Phi) is 1.93. The van der Waals surface area contributed by atoms with Crippen LogP contribution >= 0.6 is 11.8 Å². The van der Waals surface area contributed by atoms with E-state index in [1.165, 1.54) is 0 Å². The molecule has 0 fully saturated rings. The molecule has 0 radical (unpaired) electrons. The summed E-state index contributed by atoms with van der Waals surface area (Å²) in [5.74, 6) is 0.527. The van der Waals surface area contributed by atoms with Crippen LogP contribution in [0.15, 0.2) is 35.3 Å². The number of hydrogen-bond acceptors (Lipinski definition) is 2. The lowest BCUT2D eigenvalue weighted by molar-refractivity contribution is -0.114. The summed E-state index contributed by atoms with van der Waals surface area (Å²) in [5.41, 5.74) is 0.948. The third kappa shape index (κ3) is 1.16. The molecule has 0 aromatic carbocycles. The summed E-state index contributed by atoms with van der Waals surface area (Å²) in [6.45, 7) is 1.64. The van der Waals surface area contributed by atoms with E-state index in [0.717, 1.165) is 5.57 Å². The van der Waals surface area contributed by atoms with Gasteiger partial charge in [-0.25, -0.2) is 0 Å². The summed E-state index contributed by atoms with van der Waals surface area (Å²) >= 11 is 1.79. The van der Waals surface area contributed by atoms with Crippen molar-refractivity contribution < 1.29 is 4.79 Å². The minimum absolute atomic E-state index is 0.196. The maximum absolute atomic E-state index is 11.2. The Morgan fingerprint density at radius 2 is 2.33 bits per heavy atom. The lowest BCUT2D eigenvalue weighted by atomic mass is 9.89. The van der Waals surface area contributed by atoms with Crippen LogP contribution < -0.4 is 0 Å². The normalized spacial score (nSPS) is 31.6. The second-order valence-corrected chi connectivity index (χ2v) is 4.11. The maximum Gasteiger partial charge on any atom is 0.156 e. The van der Waals surface area contributed by atoms with Crippen molar-refractivity contribution in [3.05, 3.63) is 35.3 Å². The number of Topliss-reactive ketones (excluding diaryl/α,β-unsaturated/α-hetero) is 1. The number of allylic oxidation sites excluding steroid dienone is 4. The zero-order valence-corrected chi connectivity index (χ0v) is 7.67. The van der Waals surface area contributed by atoms with E-state index in [1.54, 1.807) is 18.7 Å². The summed E-state index contributed by atoms with van der Waals surface area (Å²) in [4.78, 5) is 11.2. The molecule has 1 nitrogen and oxygen atoms in total. The molecule has 0 amide bonds. The second kappa shape index (κ2) is 2.94. The number of rotatable bonds is 1. The minimum atomic E-state index is 0.196. The van der Waals surface area contributed by atoms with Gasteiger partial charge in [-0.2, -0.15) is 0 Å². The first kappa shape index (κ1) is 7.87. The molecule has 1 aliphatic carbocycles. The highest BCUT2D eigenvalue weighted by atomic mass is 32.2. The fourth-order valence-corrected chi connectivity index (χ4v) is 2.62. The smallest absolute Gasteiger partial charge is 0.156 e. The quantitative estimate of drug-likeness (QED) is 0.613. The van der Waals surface area contributed by atoms with Crippen LogP contribution in [0, 0.1) is 5.92 Å². The molecule has 12 heavy (non-hydrogen) atoms. The number of carbonyl (C=O) groups excluding carboxylic acids is 1. The van der Waals surface area contributed by atoms with Gasteiger partial charge in [-0.1, -0.05) is 24.3 Å². The molecule has 0 saturated heterocycles. The lowest BCUT2D eigenvalue weighted by Crippen LogP contribution is -2.18. The van der Waals surface area contributed by atoms with E-state index in [-0.39, 0.29) is 5.78 Å². The Morgan fingerprint density at radius 3 is 3.08 bits per heavy atom. The highest BCUT2D eigenvalue weighted by Crippen LogP contribution is 2.37. The van der Waals surface area contributed by atoms with Gasteiger partial charge in [-0.15, -0.1) is 11.8 Å². The molecule has 2 unspecified atom stereocenters. The van der Waals surface area contributed by atoms with Crippen LogP contribution in [0.4, 0.5) is 0 Å². The van der Waals surface area contributed by atoms with E-state index < -0.39 is 0 Å². The largest absolute Gasteiger partial charge is 0.295 e. The van der Waals surface area contributed by atoms with Crippen molar-refractivity contribution in [2.45, 2.75) is 12.2 Å². The number of ketones is 1. The van der Waals surface area contributed by atoms with E-state index in [4.69, 9.17) is 0 Å². The maximum atomic E-state index is 11.2. The topological polar surface area (TPSA) is 17.1 Å². The molecule has 0 N–H and O–H groups in total. The standard InChI is InChI=1S/C10H10OS/c1-7(11)8-3-2-4-10-9(8)5-6-12-10/h2-6,9-10H,1H3. The summed E-state index contributed by atoms with van der Waals surface area (Å²) in [6, 6.07) is 0. The van der Waals surface area contributed by atoms with Crippen LogP contribution in [0.1, 0.15) is 6.92 Å². The fraction of sp³-hybridized carbons (Fsp3) is 0.300. The average molecular weight is 178 g/mol. The highest BCUT2D eigenvalue weighted by Gasteiger charge is 2.28. The molecule has 0 aromatic rings. The zero-order valence-electron chi connectivity index (χ0n) is 6.86. The summed E-state index contributed by atoms with van der Waals surface area (Å²) < 4.78 is 0. The van der Waals surface area contributed by atoms with E-state index in [9.17, 15) is 4.79 Å². The van der Waals surface area contributed by atoms with Gasteiger partial charge in [0.2, 0.25) is 0 Å². The molecule has 2 rings (SSSR count). The van der Waals surface area contributed by atoms with Gasteiger partial charge >= 0.3 is 0 Å². The number of fused-ring (bicyclic) bond motifs is 1. The van der Waals surface area contributed by atoms with Crippen molar-refractivity contribution in [2.75, 3.05) is 0 Å². The fourth-order valence-electron chi connectivity index (χ4n) is 1.59. The monoisotopic (exact) mass is 178 g/mol. The molecule has 2 aliphatic rings. The predicted octanol–water partition coefficient (Wildman–Crippen LogP) is 2.32. The van der Waals surface area contributed by atoms with Crippen molar-refractivity contribution >= 4 is 17.5 Å². The van der Waals surface area contributed by atoms with Crippen molar-refractivity contribution in [2.24, 2.45) is 5.92 Å². The van der Waals surface area contributed by atoms with Gasteiger partial charge in [-0.3, -0.25) is 4.79 Å². The molecule has 1 aliphatic heterocycles. The summed E-state index contributed by atoms with van der Waals surface area (Å²) in [7, 11) is 0. The van der Waals surface area contributed by atoms with E-state index in [2.05, 4.69) is 17.6 Å². The van der Waals surface area contributed by atoms with Crippen molar-refractivity contribution in [3.63, 3.8) is 0 Å². The van der Waals surface area contributed by atoms with Gasteiger partial charge in [0.25, 0.3) is 0 Å². The van der Waals surface area contributed by atoms with E-state index in [0.29, 0.717) is 11.2 Å². The second-order valence-electron chi connectivity index (χ2n) is 3.02. The lowest BCUT2D eigenvalue weighted by Gasteiger charge is -2.19. The molecular weight excluding hydrogens is 168 g/mol. The minimum Gasteiger partial charge on any atom is -0.295 e. The predicted molar refractivity (Wildman–Crippen MR) is 51.9 cm³/mol. The molecule has 0 bridgehead atoms. The third-order valence-corrected chi connectivity index (χ3v) is 3.30. The first-order valence-electron chi connectivity index (χ1n) is 4.00. The van der Waals surface area contributed by atoms with Gasteiger partial charge < -0.3 is 0 Å². The highest BCUT2D eigenvalue weighted by molar-refractivity contribution is 8.03. The van der Waals surface area contributed by atoms with E-state index >= 15 is 0 Å². The summed E-state index contributed by atoms with van der Waals surface area (Å²) in [6.07, 6.45) is 8.19. The molecule has 0 saturated carbocycles. The van der Waals surface area contributed by atoms with Gasteiger partial charge in [0, 0.05) is 16.7 Å². The molecule has 2 heteroatoms. The average Bonchev–Trinajstić information content (AvgIpc) is 2.49. The van der Waals surface area contributed by atoms with Crippen LogP contribution in [0.3, 0.4) is 0 Å². The van der Waals surface area contributed by atoms with Crippen LogP contribution in [-0.2, 0) is 4.79 Å². The van der Waals surface area contributed by atoms with Crippen molar-refractivity contribution in [1.82, 2.24) is 0 Å². The Bertz CT molecular complexity index is 299. The SMILES string of the molecule is CC(=O)C1=CC=CC2SC=CC12. The molecule has 2 atom stereocenters. The Hall–Kier alpha value is -0.760. The first-order valence-corrected chi connectivity index (χ1v) is 4.95. The third-order valence-electron chi connectivity index (χ3n) is 2.22. The Balaban J connectivity index is 2.32. The molecule has 0 aromatic heterocycles. The van der Waals surface area contributed by atoms with E-state index in [1.807, 2.05) is 12.2 Å². The van der Waals surface area contributed by atoms with Gasteiger partial charge in [0.15, 0.2) is 5.78 Å². The van der Waals surface area contributed by atoms with Crippen LogP contribution in [0.5, 0.6) is 0 Å². The van der Waals surface area contributed by atoms with Gasteiger partial charge in [0.1, 0.15) is 0 Å². The molecule has 62 valence electrons. The number of hydrogen-bond donors (Lipinski definition) is 0. The molecule has 0 spiro atoms. The van der Waals surface area contributed by atoms with Crippen LogP contribution in [0.2, 0.25) is 0 Å². The molecular formula is C10H10OS. The van der Waals surface area contributed by atoms with Crippen molar-refractivity contribution in [3.8, 4) is 0 Å². The Labute approximate surface area is 76.2 Å². The van der Waals surface area contributed by atoms with Crippen LogP contribution in [0.25, 0.3) is 0 Å². The van der Waals surface area contributed by atoms with Crippen LogP contribution in [-0.4, -0.2) is 11.0 Å². The number of carbonyl (C=O) groups is 1. The molecule has 1 heterocycles. The van der Waals surface area contributed by atoms with Crippen molar-refractivity contribution in [1.29, 1.82) is 0 Å². The summed E-state index contributed by atoms with van der Waals surface area (Å²) in [5, 5.41) is 2.55. The van der Waals surface area contributed by atoms with Gasteiger partial charge in [0.05, 0.1) is 0 Å².